The molecule has 2 heterocycles. The summed E-state index contributed by atoms with van der Waals surface area (Å²) in [6.07, 6.45) is 7.93. The van der Waals surface area contributed by atoms with Crippen molar-refractivity contribution in [2.45, 2.75) is 13.8 Å². The van der Waals surface area contributed by atoms with Crippen LogP contribution in [0, 0.1) is 6.92 Å². The number of H-pyrrole nitrogens is 1. The molecule has 0 fully saturated rings. The zero-order valence-corrected chi connectivity index (χ0v) is 10.3. The summed E-state index contributed by atoms with van der Waals surface area (Å²) in [4.78, 5) is 7.71. The van der Waals surface area contributed by atoms with Gasteiger partial charge in [0, 0.05) is 28.4 Å². The lowest BCUT2D eigenvalue weighted by molar-refractivity contribution is 1.30. The molecule has 82 valence electrons. The minimum Gasteiger partial charge on any atom is -0.361 e. The molecule has 0 aliphatic rings. The Morgan fingerprint density at radius 2 is 2.31 bits per heavy atom. The lowest BCUT2D eigenvalue weighted by Gasteiger charge is -1.96. The van der Waals surface area contributed by atoms with Gasteiger partial charge in [-0.3, -0.25) is 0 Å². The highest BCUT2D eigenvalue weighted by Gasteiger charge is 2.10. The smallest absolute Gasteiger partial charge is 0.0901 e. The Morgan fingerprint density at radius 1 is 1.50 bits per heavy atom. The minimum absolute atomic E-state index is 1.03. The van der Waals surface area contributed by atoms with E-state index in [1.807, 2.05) is 32.2 Å². The molecule has 0 aromatic carbocycles. The summed E-state index contributed by atoms with van der Waals surface area (Å²) in [7, 11) is 0. The van der Waals surface area contributed by atoms with E-state index >= 15 is 0 Å². The van der Waals surface area contributed by atoms with Crippen LogP contribution >= 0.6 is 11.3 Å². The molecule has 2 aromatic heterocycles. The van der Waals surface area contributed by atoms with Crippen molar-refractivity contribution in [3.8, 4) is 11.3 Å². The predicted octanol–water partition coefficient (Wildman–Crippen LogP) is 4.12. The van der Waals surface area contributed by atoms with E-state index in [9.17, 15) is 0 Å². The average molecular weight is 230 g/mol. The van der Waals surface area contributed by atoms with Crippen molar-refractivity contribution in [3.63, 3.8) is 0 Å². The van der Waals surface area contributed by atoms with Gasteiger partial charge in [0.15, 0.2) is 0 Å². The van der Waals surface area contributed by atoms with Gasteiger partial charge < -0.3 is 4.98 Å². The molecule has 0 amide bonds. The molecule has 2 nitrogen and oxygen atoms in total. The number of aryl methyl sites for hydroxylation is 1. The largest absolute Gasteiger partial charge is 0.361 e. The van der Waals surface area contributed by atoms with Crippen molar-refractivity contribution in [1.82, 2.24) is 9.97 Å². The molecule has 0 bridgehead atoms. The van der Waals surface area contributed by atoms with E-state index in [1.165, 1.54) is 0 Å². The van der Waals surface area contributed by atoms with Crippen LogP contribution < -0.4 is 0 Å². The number of hydrogen-bond acceptors (Lipinski definition) is 2. The first-order chi connectivity index (χ1) is 7.76. The number of thiazole rings is 1. The summed E-state index contributed by atoms with van der Waals surface area (Å²) < 4.78 is 0. The summed E-state index contributed by atoms with van der Waals surface area (Å²) in [5, 5.41) is 3.17. The molecule has 0 radical (unpaired) electrons. The van der Waals surface area contributed by atoms with Gasteiger partial charge in [0.05, 0.1) is 10.7 Å². The summed E-state index contributed by atoms with van der Waals surface area (Å²) in [5.41, 5.74) is 4.36. The lowest BCUT2D eigenvalue weighted by Crippen LogP contribution is -1.80. The van der Waals surface area contributed by atoms with Crippen LogP contribution in [-0.4, -0.2) is 9.97 Å². The number of nitrogens with zero attached hydrogens (tertiary/aromatic N) is 1. The number of aromatic amines is 1. The van der Waals surface area contributed by atoms with Crippen molar-refractivity contribution in [2.24, 2.45) is 0 Å². The van der Waals surface area contributed by atoms with Crippen LogP contribution in [0.4, 0.5) is 0 Å². The average Bonchev–Trinajstić information content (AvgIpc) is 2.85. The Bertz CT molecular complexity index is 532. The van der Waals surface area contributed by atoms with Crippen LogP contribution in [0.1, 0.15) is 23.2 Å². The maximum atomic E-state index is 4.50. The SMILES string of the molecule is C=Cc1[nH]cc(-c2csc(C)n2)c1/C=C\C. The van der Waals surface area contributed by atoms with Crippen molar-refractivity contribution in [3.05, 3.63) is 40.5 Å². The molecule has 3 heteroatoms. The fraction of sp³-hybridized carbons (Fsp3) is 0.154. The number of hydrogen-bond donors (Lipinski definition) is 1. The fourth-order valence-corrected chi connectivity index (χ4v) is 2.28. The highest BCUT2D eigenvalue weighted by Crippen LogP contribution is 2.28. The van der Waals surface area contributed by atoms with Gasteiger partial charge >= 0.3 is 0 Å². The van der Waals surface area contributed by atoms with E-state index in [4.69, 9.17) is 0 Å². The van der Waals surface area contributed by atoms with Crippen LogP contribution in [-0.2, 0) is 0 Å². The standard InChI is InChI=1S/C13H14N2S/c1-4-6-10-11(7-14-12(10)5-2)13-8-16-9(3)15-13/h4-8,14H,2H2,1,3H3/b6-4-. The Kier molecular flexibility index (Phi) is 3.06. The Morgan fingerprint density at radius 3 is 2.88 bits per heavy atom. The van der Waals surface area contributed by atoms with Gasteiger partial charge in [0.2, 0.25) is 0 Å². The third kappa shape index (κ3) is 1.86. The first-order valence-electron chi connectivity index (χ1n) is 5.15. The molecule has 1 N–H and O–H groups in total. The number of aromatic nitrogens is 2. The molecule has 0 saturated carbocycles. The second-order valence-corrected chi connectivity index (χ2v) is 4.55. The van der Waals surface area contributed by atoms with Crippen molar-refractivity contribution in [1.29, 1.82) is 0 Å². The van der Waals surface area contributed by atoms with Crippen LogP contribution in [0.25, 0.3) is 23.4 Å². The van der Waals surface area contributed by atoms with Crippen molar-refractivity contribution in [2.75, 3.05) is 0 Å². The topological polar surface area (TPSA) is 28.7 Å². The van der Waals surface area contributed by atoms with Crippen molar-refractivity contribution >= 4 is 23.5 Å². The summed E-state index contributed by atoms with van der Waals surface area (Å²) in [6.45, 7) is 7.83. The molecule has 2 rings (SSSR count). The van der Waals surface area contributed by atoms with Crippen LogP contribution in [0.3, 0.4) is 0 Å². The second kappa shape index (κ2) is 4.49. The highest BCUT2D eigenvalue weighted by atomic mass is 32.1. The molecule has 16 heavy (non-hydrogen) atoms. The van der Waals surface area contributed by atoms with Gasteiger partial charge in [-0.05, 0) is 19.9 Å². The Balaban J connectivity index is 2.56. The van der Waals surface area contributed by atoms with Gasteiger partial charge in [-0.15, -0.1) is 11.3 Å². The number of nitrogens with one attached hydrogen (secondary N) is 1. The molecular weight excluding hydrogens is 216 g/mol. The first-order valence-corrected chi connectivity index (χ1v) is 6.03. The molecule has 0 atom stereocenters. The van der Waals surface area contributed by atoms with E-state index in [2.05, 4.69) is 28.0 Å². The van der Waals surface area contributed by atoms with Crippen molar-refractivity contribution < 1.29 is 0 Å². The molecule has 0 saturated heterocycles. The van der Waals surface area contributed by atoms with Gasteiger partial charge in [-0.2, -0.15) is 0 Å². The van der Waals surface area contributed by atoms with E-state index in [-0.39, 0.29) is 0 Å². The second-order valence-electron chi connectivity index (χ2n) is 3.49. The molecule has 0 aliphatic carbocycles. The maximum absolute atomic E-state index is 4.50. The fourth-order valence-electron chi connectivity index (χ4n) is 1.66. The van der Waals surface area contributed by atoms with Gasteiger partial charge in [-0.25, -0.2) is 4.98 Å². The zero-order valence-electron chi connectivity index (χ0n) is 9.45. The maximum Gasteiger partial charge on any atom is 0.0901 e. The van der Waals surface area contributed by atoms with Crippen LogP contribution in [0.2, 0.25) is 0 Å². The third-order valence-corrected chi connectivity index (χ3v) is 3.16. The van der Waals surface area contributed by atoms with E-state index in [0.29, 0.717) is 0 Å². The van der Waals surface area contributed by atoms with Gasteiger partial charge in [0.1, 0.15) is 0 Å². The molecule has 0 spiro atoms. The van der Waals surface area contributed by atoms with Gasteiger partial charge in [0.25, 0.3) is 0 Å². The summed E-state index contributed by atoms with van der Waals surface area (Å²) >= 11 is 1.67. The van der Waals surface area contributed by atoms with Gasteiger partial charge in [-0.1, -0.05) is 18.7 Å². The molecular formula is C13H14N2S. The van der Waals surface area contributed by atoms with E-state index < -0.39 is 0 Å². The normalized spacial score (nSPS) is 11.1. The first kappa shape index (κ1) is 10.9. The molecule has 2 aromatic rings. The minimum atomic E-state index is 1.03. The quantitative estimate of drug-likeness (QED) is 0.844. The van der Waals surface area contributed by atoms with E-state index in [1.54, 1.807) is 11.3 Å². The van der Waals surface area contributed by atoms with Crippen LogP contribution in [0.15, 0.2) is 24.2 Å². The monoisotopic (exact) mass is 230 g/mol. The third-order valence-electron chi connectivity index (χ3n) is 2.38. The van der Waals surface area contributed by atoms with E-state index in [0.717, 1.165) is 27.5 Å². The summed E-state index contributed by atoms with van der Waals surface area (Å²) in [6, 6.07) is 0. The lowest BCUT2D eigenvalue weighted by atomic mass is 10.1. The Labute approximate surface area is 99.4 Å². The Hall–Kier alpha value is -1.61. The zero-order chi connectivity index (χ0) is 11.5. The predicted molar refractivity (Wildman–Crippen MR) is 71.4 cm³/mol. The number of rotatable bonds is 3. The highest BCUT2D eigenvalue weighted by molar-refractivity contribution is 7.09. The molecule has 0 unspecified atom stereocenters. The summed E-state index contributed by atoms with van der Waals surface area (Å²) in [5.74, 6) is 0. The molecule has 0 aliphatic heterocycles. The van der Waals surface area contributed by atoms with Crippen LogP contribution in [0.5, 0.6) is 0 Å². The number of allylic oxidation sites excluding steroid dienone is 1.